The van der Waals surface area contributed by atoms with E-state index < -0.39 is 0 Å². The van der Waals surface area contributed by atoms with Crippen molar-refractivity contribution in [3.8, 4) is 0 Å². The first-order valence-corrected chi connectivity index (χ1v) is 7.05. The molecule has 0 spiro atoms. The van der Waals surface area contributed by atoms with Gasteiger partial charge in [-0.3, -0.25) is 11.3 Å². The number of hydrogen-bond donors (Lipinski definition) is 2. The Labute approximate surface area is 116 Å². The van der Waals surface area contributed by atoms with E-state index in [1.165, 1.54) is 5.56 Å². The Morgan fingerprint density at radius 3 is 2.26 bits per heavy atom. The van der Waals surface area contributed by atoms with Crippen LogP contribution in [0, 0.1) is 0 Å². The van der Waals surface area contributed by atoms with Crippen LogP contribution in [-0.2, 0) is 15.9 Å². The second-order valence-electron chi connectivity index (χ2n) is 4.43. The van der Waals surface area contributed by atoms with Gasteiger partial charge < -0.3 is 9.47 Å². The van der Waals surface area contributed by atoms with Crippen molar-refractivity contribution in [1.82, 2.24) is 5.43 Å². The van der Waals surface area contributed by atoms with Gasteiger partial charge in [0.05, 0.1) is 6.04 Å². The Kier molecular flexibility index (Phi) is 8.41. The van der Waals surface area contributed by atoms with E-state index >= 15 is 0 Å². The Morgan fingerprint density at radius 1 is 1.11 bits per heavy atom. The Hall–Kier alpha value is -0.940. The molecule has 0 saturated heterocycles. The summed E-state index contributed by atoms with van der Waals surface area (Å²) in [5.41, 5.74) is 4.16. The molecule has 0 saturated carbocycles. The number of nitrogens with two attached hydrogens (primary N) is 1. The molecule has 0 radical (unpaired) electrons. The monoisotopic (exact) mass is 266 g/mol. The van der Waals surface area contributed by atoms with E-state index in [9.17, 15) is 0 Å². The Morgan fingerprint density at radius 2 is 1.74 bits per heavy atom. The third-order valence-corrected chi connectivity index (χ3v) is 3.03. The van der Waals surface area contributed by atoms with Crippen molar-refractivity contribution in [2.75, 3.05) is 13.2 Å². The lowest BCUT2D eigenvalue weighted by molar-refractivity contribution is -0.155. The molecule has 4 heteroatoms. The largest absolute Gasteiger partial charge is 0.351 e. The zero-order chi connectivity index (χ0) is 13.9. The molecule has 3 N–H and O–H groups in total. The minimum Gasteiger partial charge on any atom is -0.351 e. The van der Waals surface area contributed by atoms with Gasteiger partial charge in [0.25, 0.3) is 0 Å². The van der Waals surface area contributed by atoms with Crippen LogP contribution < -0.4 is 11.3 Å². The van der Waals surface area contributed by atoms with Crippen LogP contribution in [0.5, 0.6) is 0 Å². The molecule has 1 aromatic rings. The maximum Gasteiger partial charge on any atom is 0.173 e. The predicted molar refractivity (Wildman–Crippen MR) is 77.5 cm³/mol. The smallest absolute Gasteiger partial charge is 0.173 e. The number of hydrogen-bond acceptors (Lipinski definition) is 4. The number of hydrazine groups is 1. The van der Waals surface area contributed by atoms with Gasteiger partial charge >= 0.3 is 0 Å². The lowest BCUT2D eigenvalue weighted by atomic mass is 10.0. The highest BCUT2D eigenvalue weighted by Crippen LogP contribution is 2.11. The molecule has 0 amide bonds. The zero-order valence-corrected chi connectivity index (χ0v) is 12.0. The summed E-state index contributed by atoms with van der Waals surface area (Å²) in [4.78, 5) is 0. The summed E-state index contributed by atoms with van der Waals surface area (Å²) in [6, 6.07) is 10.5. The minimum absolute atomic E-state index is 0.0311. The van der Waals surface area contributed by atoms with Crippen molar-refractivity contribution in [3.63, 3.8) is 0 Å². The van der Waals surface area contributed by atoms with E-state index in [0.717, 1.165) is 19.3 Å². The average molecular weight is 266 g/mol. The number of nitrogens with one attached hydrogen (secondary N) is 1. The van der Waals surface area contributed by atoms with E-state index in [1.807, 2.05) is 19.9 Å². The van der Waals surface area contributed by atoms with Crippen LogP contribution in [0.15, 0.2) is 30.3 Å². The molecule has 0 aliphatic carbocycles. The number of aryl methyl sites for hydroxylation is 1. The molecule has 0 aliphatic rings. The molecule has 1 atom stereocenters. The SMILES string of the molecule is CCOC(OCC)C(CCCc1ccccc1)NN. The van der Waals surface area contributed by atoms with Crippen LogP contribution >= 0.6 is 0 Å². The first kappa shape index (κ1) is 16.1. The summed E-state index contributed by atoms with van der Waals surface area (Å²) in [6.45, 7) is 5.18. The van der Waals surface area contributed by atoms with Gasteiger partial charge in [0, 0.05) is 13.2 Å². The van der Waals surface area contributed by atoms with Gasteiger partial charge in [-0.25, -0.2) is 0 Å². The maximum atomic E-state index is 5.60. The first-order chi connectivity index (χ1) is 9.31. The standard InChI is InChI=1S/C15H26N2O2/c1-3-18-15(19-4-2)14(17-16)12-8-11-13-9-6-5-7-10-13/h5-7,9-10,14-15,17H,3-4,8,11-12,16H2,1-2H3. The Bertz CT molecular complexity index is 313. The molecule has 108 valence electrons. The van der Waals surface area contributed by atoms with E-state index in [1.54, 1.807) is 0 Å². The van der Waals surface area contributed by atoms with E-state index in [2.05, 4.69) is 29.7 Å². The quantitative estimate of drug-likeness (QED) is 0.387. The molecular formula is C15H26N2O2. The molecule has 1 unspecified atom stereocenters. The third kappa shape index (κ3) is 6.16. The highest BCUT2D eigenvalue weighted by Gasteiger charge is 2.20. The van der Waals surface area contributed by atoms with E-state index in [0.29, 0.717) is 13.2 Å². The Balaban J connectivity index is 2.38. The summed E-state index contributed by atoms with van der Waals surface area (Å²) in [6.07, 6.45) is 2.76. The fourth-order valence-corrected chi connectivity index (χ4v) is 2.08. The van der Waals surface area contributed by atoms with Crippen LogP contribution in [0.3, 0.4) is 0 Å². The molecule has 0 bridgehead atoms. The summed E-state index contributed by atoms with van der Waals surface area (Å²) in [5, 5.41) is 0. The fraction of sp³-hybridized carbons (Fsp3) is 0.600. The van der Waals surface area contributed by atoms with E-state index in [-0.39, 0.29) is 12.3 Å². The molecule has 1 aromatic carbocycles. The van der Waals surface area contributed by atoms with Gasteiger partial charge in [0.15, 0.2) is 6.29 Å². The van der Waals surface area contributed by atoms with Crippen molar-refractivity contribution in [2.45, 2.75) is 45.4 Å². The number of rotatable bonds is 10. The van der Waals surface area contributed by atoms with E-state index in [4.69, 9.17) is 15.3 Å². The molecule has 19 heavy (non-hydrogen) atoms. The lowest BCUT2D eigenvalue weighted by Crippen LogP contribution is -2.46. The number of ether oxygens (including phenoxy) is 2. The van der Waals surface area contributed by atoms with Gasteiger partial charge in [-0.1, -0.05) is 30.3 Å². The van der Waals surface area contributed by atoms with Crippen molar-refractivity contribution in [1.29, 1.82) is 0 Å². The molecule has 1 rings (SSSR count). The first-order valence-electron chi connectivity index (χ1n) is 7.05. The second-order valence-corrected chi connectivity index (χ2v) is 4.43. The van der Waals surface area contributed by atoms with Crippen molar-refractivity contribution < 1.29 is 9.47 Å². The van der Waals surface area contributed by atoms with Crippen molar-refractivity contribution >= 4 is 0 Å². The third-order valence-electron chi connectivity index (χ3n) is 3.03. The summed E-state index contributed by atoms with van der Waals surface area (Å²) < 4.78 is 11.1. The van der Waals surface area contributed by atoms with Crippen LogP contribution in [0.25, 0.3) is 0 Å². The lowest BCUT2D eigenvalue weighted by Gasteiger charge is -2.26. The normalized spacial score (nSPS) is 12.8. The molecule has 0 aromatic heterocycles. The molecule has 0 fully saturated rings. The van der Waals surface area contributed by atoms with Gasteiger partial charge in [-0.2, -0.15) is 0 Å². The van der Waals surface area contributed by atoms with Gasteiger partial charge in [0.1, 0.15) is 0 Å². The fourth-order valence-electron chi connectivity index (χ4n) is 2.08. The highest BCUT2D eigenvalue weighted by atomic mass is 16.7. The average Bonchev–Trinajstić information content (AvgIpc) is 2.45. The molecule has 0 aliphatic heterocycles. The van der Waals surface area contributed by atoms with Crippen molar-refractivity contribution in [3.05, 3.63) is 35.9 Å². The summed E-state index contributed by atoms with van der Waals surface area (Å²) >= 11 is 0. The van der Waals surface area contributed by atoms with Gasteiger partial charge in [-0.15, -0.1) is 0 Å². The van der Waals surface area contributed by atoms with Gasteiger partial charge in [-0.05, 0) is 38.7 Å². The van der Waals surface area contributed by atoms with Crippen molar-refractivity contribution in [2.24, 2.45) is 5.84 Å². The van der Waals surface area contributed by atoms with Crippen LogP contribution in [0.1, 0.15) is 32.3 Å². The van der Waals surface area contributed by atoms with Crippen LogP contribution in [-0.4, -0.2) is 25.5 Å². The predicted octanol–water partition coefficient (Wildman–Crippen LogP) is 2.24. The second kappa shape index (κ2) is 9.92. The molecule has 0 heterocycles. The van der Waals surface area contributed by atoms with Gasteiger partial charge in [0.2, 0.25) is 0 Å². The maximum absolute atomic E-state index is 5.60. The summed E-state index contributed by atoms with van der Waals surface area (Å²) in [5.74, 6) is 5.60. The number of benzene rings is 1. The molecule has 4 nitrogen and oxygen atoms in total. The highest BCUT2D eigenvalue weighted by molar-refractivity contribution is 5.14. The van der Waals surface area contributed by atoms with Crippen LogP contribution in [0.4, 0.5) is 0 Å². The van der Waals surface area contributed by atoms with Crippen LogP contribution in [0.2, 0.25) is 0 Å². The molecular weight excluding hydrogens is 240 g/mol. The topological polar surface area (TPSA) is 56.5 Å². The zero-order valence-electron chi connectivity index (χ0n) is 12.0. The summed E-state index contributed by atoms with van der Waals surface area (Å²) in [7, 11) is 0. The minimum atomic E-state index is -0.268.